The summed E-state index contributed by atoms with van der Waals surface area (Å²) in [6.07, 6.45) is 5.42. The first kappa shape index (κ1) is 10.9. The van der Waals surface area contributed by atoms with E-state index in [0.717, 1.165) is 29.4 Å². The van der Waals surface area contributed by atoms with Gasteiger partial charge in [-0.1, -0.05) is 18.0 Å². The minimum atomic E-state index is 0.759. The normalized spacial score (nSPS) is 10.7. The van der Waals surface area contributed by atoms with Crippen LogP contribution in [-0.2, 0) is 6.54 Å². The van der Waals surface area contributed by atoms with Crippen molar-refractivity contribution in [2.45, 2.75) is 32.7 Å². The third-order valence-corrected chi connectivity index (χ3v) is 2.62. The molecule has 0 spiro atoms. The van der Waals surface area contributed by atoms with Crippen molar-refractivity contribution in [2.24, 2.45) is 0 Å². The van der Waals surface area contributed by atoms with E-state index < -0.39 is 0 Å². The number of unbranched alkanes of at least 4 members (excludes halogenated alkanes) is 2. The summed E-state index contributed by atoms with van der Waals surface area (Å²) < 4.78 is 1.91. The summed E-state index contributed by atoms with van der Waals surface area (Å²) in [6.45, 7) is 2.88. The number of hydrogen-bond acceptors (Lipinski definition) is 2. The van der Waals surface area contributed by atoms with Gasteiger partial charge in [-0.2, -0.15) is 17.7 Å². The molecule has 74 valence electrons. The smallest absolute Gasteiger partial charge is 0.0814 e. The molecule has 1 rings (SSSR count). The summed E-state index contributed by atoms with van der Waals surface area (Å²) >= 11 is 10.0. The van der Waals surface area contributed by atoms with Crippen LogP contribution >= 0.6 is 24.2 Å². The van der Waals surface area contributed by atoms with E-state index in [4.69, 9.17) is 11.6 Å². The summed E-state index contributed by atoms with van der Waals surface area (Å²) in [4.78, 5) is 0. The third kappa shape index (κ3) is 3.61. The third-order valence-electron chi connectivity index (χ3n) is 1.93. The van der Waals surface area contributed by atoms with Gasteiger partial charge in [0.2, 0.25) is 0 Å². The highest BCUT2D eigenvalue weighted by Crippen LogP contribution is 2.12. The molecule has 1 aromatic heterocycles. The minimum absolute atomic E-state index is 0.759. The van der Waals surface area contributed by atoms with E-state index in [9.17, 15) is 0 Å². The van der Waals surface area contributed by atoms with Crippen LogP contribution < -0.4 is 0 Å². The van der Waals surface area contributed by atoms with Crippen LogP contribution in [0.15, 0.2) is 6.20 Å². The predicted molar refractivity (Wildman–Crippen MR) is 59.7 cm³/mol. The van der Waals surface area contributed by atoms with Crippen LogP contribution in [0.1, 0.15) is 25.0 Å². The summed E-state index contributed by atoms with van der Waals surface area (Å²) in [7, 11) is 0. The SMILES string of the molecule is Cc1nn(CCCCCS)cc1Cl. The molecule has 1 heterocycles. The van der Waals surface area contributed by atoms with E-state index in [0.29, 0.717) is 0 Å². The number of halogens is 1. The van der Waals surface area contributed by atoms with Crippen LogP contribution in [0.25, 0.3) is 0 Å². The Morgan fingerprint density at radius 3 is 2.77 bits per heavy atom. The average molecular weight is 219 g/mol. The van der Waals surface area contributed by atoms with Crippen molar-refractivity contribution in [2.75, 3.05) is 5.75 Å². The van der Waals surface area contributed by atoms with Crippen molar-refractivity contribution in [1.82, 2.24) is 9.78 Å². The molecule has 0 aliphatic carbocycles. The van der Waals surface area contributed by atoms with Crippen LogP contribution in [0.4, 0.5) is 0 Å². The maximum Gasteiger partial charge on any atom is 0.0814 e. The Hall–Kier alpha value is -0.150. The van der Waals surface area contributed by atoms with Crippen molar-refractivity contribution in [3.8, 4) is 0 Å². The molecule has 0 saturated carbocycles. The lowest BCUT2D eigenvalue weighted by Crippen LogP contribution is -1.98. The second-order valence-electron chi connectivity index (χ2n) is 3.11. The predicted octanol–water partition coefficient (Wildman–Crippen LogP) is 2.95. The number of nitrogens with zero attached hydrogens (tertiary/aromatic N) is 2. The fourth-order valence-electron chi connectivity index (χ4n) is 1.17. The quantitative estimate of drug-likeness (QED) is 0.595. The van der Waals surface area contributed by atoms with Crippen molar-refractivity contribution in [3.63, 3.8) is 0 Å². The van der Waals surface area contributed by atoms with Gasteiger partial charge >= 0.3 is 0 Å². The molecule has 0 fully saturated rings. The molecular formula is C9H15ClN2S. The van der Waals surface area contributed by atoms with Gasteiger partial charge in [0.15, 0.2) is 0 Å². The first-order valence-corrected chi connectivity index (χ1v) is 5.55. The van der Waals surface area contributed by atoms with E-state index in [2.05, 4.69) is 17.7 Å². The van der Waals surface area contributed by atoms with Gasteiger partial charge in [-0.25, -0.2) is 0 Å². The van der Waals surface area contributed by atoms with E-state index in [1.54, 1.807) is 0 Å². The fourth-order valence-corrected chi connectivity index (χ4v) is 1.54. The Morgan fingerprint density at radius 1 is 1.46 bits per heavy atom. The molecule has 0 unspecified atom stereocenters. The molecule has 0 aromatic carbocycles. The highest BCUT2D eigenvalue weighted by molar-refractivity contribution is 7.80. The maximum absolute atomic E-state index is 5.87. The van der Waals surface area contributed by atoms with Crippen LogP contribution in [0.5, 0.6) is 0 Å². The van der Waals surface area contributed by atoms with E-state index in [1.165, 1.54) is 12.8 Å². The highest BCUT2D eigenvalue weighted by atomic mass is 35.5. The van der Waals surface area contributed by atoms with Gasteiger partial charge in [0.1, 0.15) is 0 Å². The Balaban J connectivity index is 2.29. The lowest BCUT2D eigenvalue weighted by Gasteiger charge is -1.99. The number of aryl methyl sites for hydroxylation is 2. The molecule has 2 nitrogen and oxygen atoms in total. The minimum Gasteiger partial charge on any atom is -0.271 e. The molecule has 0 radical (unpaired) electrons. The number of aromatic nitrogens is 2. The Kier molecular flexibility index (Phi) is 4.67. The molecule has 0 amide bonds. The van der Waals surface area contributed by atoms with Gasteiger partial charge in [0, 0.05) is 12.7 Å². The lowest BCUT2D eigenvalue weighted by molar-refractivity contribution is 0.552. The summed E-state index contributed by atoms with van der Waals surface area (Å²) in [5.74, 6) is 0.971. The van der Waals surface area contributed by atoms with Crippen LogP contribution in [0, 0.1) is 6.92 Å². The zero-order valence-corrected chi connectivity index (χ0v) is 9.48. The average Bonchev–Trinajstić information content (AvgIpc) is 2.41. The molecule has 0 N–H and O–H groups in total. The second kappa shape index (κ2) is 5.55. The molecule has 0 aliphatic rings. The first-order chi connectivity index (χ1) is 6.24. The summed E-state index contributed by atoms with van der Waals surface area (Å²) in [5, 5.41) is 5.03. The monoisotopic (exact) mass is 218 g/mol. The molecule has 13 heavy (non-hydrogen) atoms. The molecule has 4 heteroatoms. The Labute approximate surface area is 89.7 Å². The zero-order valence-electron chi connectivity index (χ0n) is 7.83. The van der Waals surface area contributed by atoms with Gasteiger partial charge in [0.25, 0.3) is 0 Å². The molecule has 0 atom stereocenters. The maximum atomic E-state index is 5.87. The van der Waals surface area contributed by atoms with Crippen molar-refractivity contribution in [3.05, 3.63) is 16.9 Å². The number of rotatable bonds is 5. The topological polar surface area (TPSA) is 17.8 Å². The van der Waals surface area contributed by atoms with Crippen LogP contribution in [0.2, 0.25) is 5.02 Å². The first-order valence-electron chi connectivity index (χ1n) is 4.54. The molecule has 0 aliphatic heterocycles. The van der Waals surface area contributed by atoms with Gasteiger partial charge < -0.3 is 0 Å². The van der Waals surface area contributed by atoms with E-state index in [-0.39, 0.29) is 0 Å². The highest BCUT2D eigenvalue weighted by Gasteiger charge is 2.00. The van der Waals surface area contributed by atoms with Gasteiger partial charge in [-0.15, -0.1) is 0 Å². The fraction of sp³-hybridized carbons (Fsp3) is 0.667. The van der Waals surface area contributed by atoms with Gasteiger partial charge in [0.05, 0.1) is 10.7 Å². The molecule has 0 saturated heterocycles. The van der Waals surface area contributed by atoms with Crippen molar-refractivity contribution >= 4 is 24.2 Å². The van der Waals surface area contributed by atoms with Crippen molar-refractivity contribution < 1.29 is 0 Å². The number of hydrogen-bond donors (Lipinski definition) is 1. The lowest BCUT2D eigenvalue weighted by atomic mass is 10.2. The van der Waals surface area contributed by atoms with Gasteiger partial charge in [-0.3, -0.25) is 4.68 Å². The number of thiol groups is 1. The van der Waals surface area contributed by atoms with Gasteiger partial charge in [-0.05, 0) is 25.5 Å². The van der Waals surface area contributed by atoms with E-state index in [1.807, 2.05) is 17.8 Å². The standard InChI is InChI=1S/C9H15ClN2S/c1-8-9(10)7-12(11-8)5-3-2-4-6-13/h7,13H,2-6H2,1H3. The molecular weight excluding hydrogens is 204 g/mol. The van der Waals surface area contributed by atoms with Crippen LogP contribution in [-0.4, -0.2) is 15.5 Å². The molecule has 1 aromatic rings. The van der Waals surface area contributed by atoms with Crippen molar-refractivity contribution in [1.29, 1.82) is 0 Å². The Morgan fingerprint density at radius 2 is 2.23 bits per heavy atom. The van der Waals surface area contributed by atoms with E-state index >= 15 is 0 Å². The molecule has 0 bridgehead atoms. The second-order valence-corrected chi connectivity index (χ2v) is 3.96. The van der Waals surface area contributed by atoms with Crippen LogP contribution in [0.3, 0.4) is 0 Å². The summed E-state index contributed by atoms with van der Waals surface area (Å²) in [6, 6.07) is 0. The zero-order chi connectivity index (χ0) is 9.68. The Bertz CT molecular complexity index is 241. The summed E-state index contributed by atoms with van der Waals surface area (Å²) in [5.41, 5.74) is 0.913. The largest absolute Gasteiger partial charge is 0.271 e.